The van der Waals surface area contributed by atoms with Crippen molar-refractivity contribution in [3.63, 3.8) is 0 Å². The molecular weight excluding hydrogens is 326 g/mol. The van der Waals surface area contributed by atoms with Gasteiger partial charge in [-0.05, 0) is 30.0 Å². The fourth-order valence-electron chi connectivity index (χ4n) is 2.95. The second kappa shape index (κ2) is 8.13. The van der Waals surface area contributed by atoms with Crippen molar-refractivity contribution in [3.05, 3.63) is 65.5 Å². The fourth-order valence-corrected chi connectivity index (χ4v) is 2.95. The molecule has 1 aliphatic rings. The number of hydrogen-bond donors (Lipinski definition) is 0. The molecular formula is C21H25N3O2. The Morgan fingerprint density at radius 3 is 2.62 bits per heavy atom. The number of amides is 1. The first kappa shape index (κ1) is 18.1. The largest absolute Gasteiger partial charge is 0.382 e. The number of carbonyl (C=O) groups excluding carboxylic acids is 1. The molecule has 1 unspecified atom stereocenters. The van der Waals surface area contributed by atoms with Crippen LogP contribution in [0.4, 0.5) is 0 Å². The Labute approximate surface area is 154 Å². The molecule has 0 fully saturated rings. The molecule has 1 atom stereocenters. The van der Waals surface area contributed by atoms with Crippen LogP contribution in [0.2, 0.25) is 0 Å². The topological polar surface area (TPSA) is 54.8 Å². The highest BCUT2D eigenvalue weighted by atomic mass is 16.6. The van der Waals surface area contributed by atoms with Crippen LogP contribution in [0.5, 0.6) is 0 Å². The van der Waals surface area contributed by atoms with Gasteiger partial charge in [0.15, 0.2) is 0 Å². The number of carbonyl (C=O) groups is 1. The molecule has 0 aliphatic carbocycles. The van der Waals surface area contributed by atoms with E-state index in [9.17, 15) is 4.79 Å². The molecule has 3 rings (SSSR count). The highest BCUT2D eigenvalue weighted by Crippen LogP contribution is 2.20. The van der Waals surface area contributed by atoms with E-state index in [2.05, 4.69) is 24.0 Å². The Morgan fingerprint density at radius 1 is 1.19 bits per heavy atom. The summed E-state index contributed by atoms with van der Waals surface area (Å²) in [7, 11) is 0. The molecule has 5 nitrogen and oxygen atoms in total. The first-order valence-corrected chi connectivity index (χ1v) is 9.00. The highest BCUT2D eigenvalue weighted by molar-refractivity contribution is 5.93. The van der Waals surface area contributed by atoms with Gasteiger partial charge in [-0.2, -0.15) is 0 Å². The summed E-state index contributed by atoms with van der Waals surface area (Å²) in [6.07, 6.45) is 1.78. The minimum absolute atomic E-state index is 0.0432. The van der Waals surface area contributed by atoms with Crippen LogP contribution in [0, 0.1) is 12.8 Å². The Bertz CT molecular complexity index is 787. The SMILES string of the molecule is Cc1cccnc1CN(Cc1ccccc1)C(=O)C1CC(C(C)C)=NO1. The van der Waals surface area contributed by atoms with E-state index in [1.807, 2.05) is 54.3 Å². The summed E-state index contributed by atoms with van der Waals surface area (Å²) < 4.78 is 0. The van der Waals surface area contributed by atoms with E-state index < -0.39 is 6.10 Å². The summed E-state index contributed by atoms with van der Waals surface area (Å²) in [6, 6.07) is 13.9. The van der Waals surface area contributed by atoms with E-state index in [1.165, 1.54) is 0 Å². The van der Waals surface area contributed by atoms with E-state index in [4.69, 9.17) is 4.84 Å². The van der Waals surface area contributed by atoms with Crippen molar-refractivity contribution < 1.29 is 9.63 Å². The van der Waals surface area contributed by atoms with Crippen LogP contribution >= 0.6 is 0 Å². The molecule has 1 amide bonds. The third-order valence-corrected chi connectivity index (χ3v) is 4.62. The van der Waals surface area contributed by atoms with Crippen molar-refractivity contribution in [2.45, 2.75) is 46.4 Å². The van der Waals surface area contributed by atoms with Crippen molar-refractivity contribution in [2.24, 2.45) is 11.1 Å². The van der Waals surface area contributed by atoms with Crippen molar-refractivity contribution in [3.8, 4) is 0 Å². The minimum Gasteiger partial charge on any atom is -0.382 e. The molecule has 1 aromatic carbocycles. The first-order chi connectivity index (χ1) is 12.5. The van der Waals surface area contributed by atoms with Gasteiger partial charge >= 0.3 is 0 Å². The monoisotopic (exact) mass is 351 g/mol. The number of aryl methyl sites for hydroxylation is 1. The van der Waals surface area contributed by atoms with Crippen LogP contribution in [0.15, 0.2) is 53.8 Å². The lowest BCUT2D eigenvalue weighted by Crippen LogP contribution is -2.39. The molecule has 2 aromatic rings. The molecule has 0 bridgehead atoms. The number of hydrogen-bond acceptors (Lipinski definition) is 4. The van der Waals surface area contributed by atoms with Crippen molar-refractivity contribution >= 4 is 11.6 Å². The summed E-state index contributed by atoms with van der Waals surface area (Å²) in [5.41, 5.74) is 4.00. The van der Waals surface area contributed by atoms with Gasteiger partial charge in [0.2, 0.25) is 6.10 Å². The van der Waals surface area contributed by atoms with Gasteiger partial charge in [-0.1, -0.05) is 55.4 Å². The number of aromatic nitrogens is 1. The molecule has 0 radical (unpaired) electrons. The van der Waals surface area contributed by atoms with Crippen molar-refractivity contribution in [2.75, 3.05) is 0 Å². The van der Waals surface area contributed by atoms with E-state index in [-0.39, 0.29) is 11.8 Å². The normalized spacial score (nSPS) is 16.3. The Kier molecular flexibility index (Phi) is 5.66. The number of pyridine rings is 1. The molecule has 136 valence electrons. The van der Waals surface area contributed by atoms with Gasteiger partial charge in [0.05, 0.1) is 18.0 Å². The summed E-state index contributed by atoms with van der Waals surface area (Å²) >= 11 is 0. The van der Waals surface area contributed by atoms with Crippen LogP contribution in [0.25, 0.3) is 0 Å². The molecule has 1 aromatic heterocycles. The molecule has 0 N–H and O–H groups in total. The number of nitrogens with zero attached hydrogens (tertiary/aromatic N) is 3. The number of rotatable bonds is 6. The van der Waals surface area contributed by atoms with Crippen LogP contribution in [0.3, 0.4) is 0 Å². The predicted octanol–water partition coefficient (Wildman–Crippen LogP) is 3.72. The molecule has 0 spiro atoms. The van der Waals surface area contributed by atoms with Crippen molar-refractivity contribution in [1.82, 2.24) is 9.88 Å². The maximum Gasteiger partial charge on any atom is 0.267 e. The van der Waals surface area contributed by atoms with Gasteiger partial charge in [-0.15, -0.1) is 0 Å². The van der Waals surface area contributed by atoms with Crippen LogP contribution in [-0.4, -0.2) is 27.6 Å². The van der Waals surface area contributed by atoms with E-state index in [0.29, 0.717) is 19.5 Å². The molecule has 0 saturated carbocycles. The smallest absolute Gasteiger partial charge is 0.267 e. The summed E-state index contributed by atoms with van der Waals surface area (Å²) in [5.74, 6) is 0.242. The summed E-state index contributed by atoms with van der Waals surface area (Å²) in [6.45, 7) is 7.12. The molecule has 1 aliphatic heterocycles. The Balaban J connectivity index is 1.78. The van der Waals surface area contributed by atoms with E-state index in [1.54, 1.807) is 6.20 Å². The molecule has 5 heteroatoms. The lowest BCUT2D eigenvalue weighted by Gasteiger charge is -2.25. The zero-order chi connectivity index (χ0) is 18.5. The van der Waals surface area contributed by atoms with Gasteiger partial charge in [-0.3, -0.25) is 9.78 Å². The van der Waals surface area contributed by atoms with Gasteiger partial charge in [-0.25, -0.2) is 0 Å². The van der Waals surface area contributed by atoms with E-state index >= 15 is 0 Å². The van der Waals surface area contributed by atoms with Gasteiger partial charge in [0.1, 0.15) is 0 Å². The van der Waals surface area contributed by atoms with Crippen molar-refractivity contribution in [1.29, 1.82) is 0 Å². The third kappa shape index (κ3) is 4.28. The molecule has 2 heterocycles. The predicted molar refractivity (Wildman–Crippen MR) is 101 cm³/mol. The van der Waals surface area contributed by atoms with Gasteiger partial charge in [0.25, 0.3) is 5.91 Å². The summed E-state index contributed by atoms with van der Waals surface area (Å²) in [5, 5.41) is 4.11. The number of oxime groups is 1. The summed E-state index contributed by atoms with van der Waals surface area (Å²) in [4.78, 5) is 24.8. The maximum atomic E-state index is 13.1. The second-order valence-electron chi connectivity index (χ2n) is 6.98. The molecule has 26 heavy (non-hydrogen) atoms. The van der Waals surface area contributed by atoms with E-state index in [0.717, 1.165) is 22.5 Å². The average Bonchev–Trinajstić information content (AvgIpc) is 3.14. The zero-order valence-corrected chi connectivity index (χ0v) is 15.6. The minimum atomic E-state index is -0.542. The fraction of sp³-hybridized carbons (Fsp3) is 0.381. The Hall–Kier alpha value is -2.69. The van der Waals surface area contributed by atoms with Crippen LogP contribution in [0.1, 0.15) is 37.1 Å². The molecule has 0 saturated heterocycles. The number of benzene rings is 1. The van der Waals surface area contributed by atoms with Gasteiger partial charge in [0, 0.05) is 19.2 Å². The van der Waals surface area contributed by atoms with Crippen LogP contribution < -0.4 is 0 Å². The Morgan fingerprint density at radius 2 is 1.96 bits per heavy atom. The lowest BCUT2D eigenvalue weighted by atomic mass is 10.0. The zero-order valence-electron chi connectivity index (χ0n) is 15.6. The standard InChI is InChI=1S/C21H25N3O2/c1-15(2)18-12-20(26-23-18)21(25)24(13-17-9-5-4-6-10-17)14-19-16(3)8-7-11-22-19/h4-11,15,20H,12-14H2,1-3H3. The van der Waals surface area contributed by atoms with Gasteiger partial charge < -0.3 is 9.74 Å². The average molecular weight is 351 g/mol. The lowest BCUT2D eigenvalue weighted by molar-refractivity contribution is -0.143. The third-order valence-electron chi connectivity index (χ3n) is 4.62. The maximum absolute atomic E-state index is 13.1. The quantitative estimate of drug-likeness (QED) is 0.797. The second-order valence-corrected chi connectivity index (χ2v) is 6.98. The van der Waals surface area contributed by atoms with Crippen LogP contribution in [-0.2, 0) is 22.7 Å². The first-order valence-electron chi connectivity index (χ1n) is 9.00. The highest BCUT2D eigenvalue weighted by Gasteiger charge is 2.33.